The van der Waals surface area contributed by atoms with Crippen molar-refractivity contribution in [3.05, 3.63) is 65.0 Å². The Morgan fingerprint density at radius 2 is 1.40 bits per heavy atom. The molecular weight excluding hydrogens is 413 g/mol. The third kappa shape index (κ3) is 6.43. The van der Waals surface area contributed by atoms with Gasteiger partial charge < -0.3 is 14.8 Å². The summed E-state index contributed by atoms with van der Waals surface area (Å²) in [6.07, 6.45) is 0.207. The van der Waals surface area contributed by atoms with Crippen LogP contribution in [-0.4, -0.2) is 18.6 Å². The number of carbonyl (C=O) groups excluding carboxylic acids is 2. The van der Waals surface area contributed by atoms with E-state index in [1.54, 1.807) is 12.1 Å². The van der Waals surface area contributed by atoms with Crippen LogP contribution in [0.4, 0.5) is 26.7 Å². The van der Waals surface area contributed by atoms with Gasteiger partial charge in [0.05, 0.1) is 0 Å². The second-order valence-corrected chi connectivity index (χ2v) is 6.17. The molecule has 0 aliphatic carbocycles. The minimum atomic E-state index is -2.33. The number of hydrogen-bond donors (Lipinski definition) is 1. The minimum absolute atomic E-state index is 0.121. The first-order valence-corrected chi connectivity index (χ1v) is 8.98. The average molecular weight is 431 g/mol. The second kappa shape index (κ2) is 11.1. The number of benzene rings is 2. The lowest BCUT2D eigenvalue weighted by Crippen LogP contribution is -2.25. The van der Waals surface area contributed by atoms with Crippen molar-refractivity contribution in [1.82, 2.24) is 5.32 Å². The van der Waals surface area contributed by atoms with Gasteiger partial charge in [0.2, 0.25) is 34.8 Å². The van der Waals surface area contributed by atoms with Crippen molar-refractivity contribution in [2.24, 2.45) is 0 Å². The minimum Gasteiger partial charge on any atom is -0.445 e. The van der Waals surface area contributed by atoms with E-state index in [2.05, 4.69) is 10.1 Å². The van der Waals surface area contributed by atoms with Crippen molar-refractivity contribution >= 4 is 12.1 Å². The van der Waals surface area contributed by atoms with Gasteiger partial charge in [-0.1, -0.05) is 36.8 Å². The number of rotatable bonds is 9. The molecule has 10 heteroatoms. The van der Waals surface area contributed by atoms with Crippen LogP contribution >= 0.6 is 0 Å². The lowest BCUT2D eigenvalue weighted by molar-refractivity contribution is -0.135. The number of halogens is 5. The van der Waals surface area contributed by atoms with Gasteiger partial charge in [-0.2, -0.15) is 8.78 Å². The zero-order valence-electron chi connectivity index (χ0n) is 15.7. The lowest BCUT2D eigenvalue weighted by Gasteiger charge is -2.09. The lowest BCUT2D eigenvalue weighted by atomic mass is 10.2. The molecule has 0 unspecified atom stereocenters. The summed E-state index contributed by atoms with van der Waals surface area (Å²) in [6, 6.07) is 9.07. The van der Waals surface area contributed by atoms with Gasteiger partial charge in [0, 0.05) is 13.0 Å². The average Bonchev–Trinajstić information content (AvgIpc) is 2.75. The molecule has 2 aromatic rings. The van der Waals surface area contributed by atoms with Gasteiger partial charge in [-0.15, -0.1) is 0 Å². The Balaban J connectivity index is 1.64. The molecule has 2 rings (SSSR count). The fraction of sp³-hybridized carbons (Fsp3) is 0.300. The van der Waals surface area contributed by atoms with Gasteiger partial charge in [-0.25, -0.2) is 18.0 Å². The van der Waals surface area contributed by atoms with Crippen LogP contribution in [0.15, 0.2) is 30.3 Å². The summed E-state index contributed by atoms with van der Waals surface area (Å²) in [4.78, 5) is 23.1. The van der Waals surface area contributed by atoms with Crippen molar-refractivity contribution in [1.29, 1.82) is 0 Å². The van der Waals surface area contributed by atoms with Crippen LogP contribution in [0, 0.1) is 29.1 Å². The zero-order chi connectivity index (χ0) is 22.1. The zero-order valence-corrected chi connectivity index (χ0v) is 15.7. The van der Waals surface area contributed by atoms with Crippen LogP contribution in [0.3, 0.4) is 0 Å². The Labute approximate surface area is 168 Å². The maximum atomic E-state index is 13.4. The van der Waals surface area contributed by atoms with E-state index in [0.717, 1.165) is 5.56 Å². The normalized spacial score (nSPS) is 10.6. The maximum Gasteiger partial charge on any atom is 0.407 e. The number of carbonyl (C=O) groups is 2. The van der Waals surface area contributed by atoms with E-state index in [1.807, 2.05) is 18.2 Å². The van der Waals surface area contributed by atoms with Crippen LogP contribution < -0.4 is 10.1 Å². The molecule has 0 fully saturated rings. The highest BCUT2D eigenvalue weighted by atomic mass is 19.2. The number of unbranched alkanes of at least 4 members (excludes halogenated alkanes) is 2. The number of nitrogens with one attached hydrogen (secondary N) is 1. The molecule has 0 saturated heterocycles. The molecule has 1 amide bonds. The summed E-state index contributed by atoms with van der Waals surface area (Å²) in [5.74, 6) is -13.9. The van der Waals surface area contributed by atoms with Crippen LogP contribution in [0.2, 0.25) is 0 Å². The van der Waals surface area contributed by atoms with Crippen LogP contribution in [0.25, 0.3) is 0 Å². The smallest absolute Gasteiger partial charge is 0.407 e. The molecule has 162 valence electrons. The molecule has 0 spiro atoms. The summed E-state index contributed by atoms with van der Waals surface area (Å²) >= 11 is 0. The molecule has 0 radical (unpaired) electrons. The molecule has 0 atom stereocenters. The fourth-order valence-electron chi connectivity index (χ4n) is 2.37. The van der Waals surface area contributed by atoms with E-state index in [-0.39, 0.29) is 26.0 Å². The van der Waals surface area contributed by atoms with Gasteiger partial charge in [0.15, 0.2) is 0 Å². The number of amides is 1. The third-order valence-corrected chi connectivity index (χ3v) is 3.93. The predicted molar refractivity (Wildman–Crippen MR) is 95.0 cm³/mol. The molecule has 5 nitrogen and oxygen atoms in total. The number of hydrogen-bond acceptors (Lipinski definition) is 4. The van der Waals surface area contributed by atoms with E-state index in [4.69, 9.17) is 4.74 Å². The summed E-state index contributed by atoms with van der Waals surface area (Å²) in [6.45, 7) is 0.385. The number of alkyl carbamates (subject to hydrolysis) is 1. The van der Waals surface area contributed by atoms with Gasteiger partial charge in [-0.3, -0.25) is 4.79 Å². The van der Waals surface area contributed by atoms with E-state index < -0.39 is 46.9 Å². The second-order valence-electron chi connectivity index (χ2n) is 6.17. The molecule has 1 N–H and O–H groups in total. The monoisotopic (exact) mass is 431 g/mol. The largest absolute Gasteiger partial charge is 0.445 e. The summed E-state index contributed by atoms with van der Waals surface area (Å²) in [5.41, 5.74) is 0.833. The molecule has 0 aliphatic heterocycles. The Kier molecular flexibility index (Phi) is 8.57. The SMILES string of the molecule is O=C(CCCCCNC(=O)OCc1ccccc1)Oc1c(F)c(F)c(F)c(F)c1F. The first-order valence-electron chi connectivity index (χ1n) is 8.98. The topological polar surface area (TPSA) is 64.6 Å². The maximum absolute atomic E-state index is 13.4. The molecule has 2 aromatic carbocycles. The number of esters is 1. The highest BCUT2D eigenvalue weighted by molar-refractivity contribution is 5.72. The molecule has 0 heterocycles. The first-order chi connectivity index (χ1) is 14.3. The Morgan fingerprint density at radius 3 is 2.03 bits per heavy atom. The van der Waals surface area contributed by atoms with E-state index in [9.17, 15) is 31.5 Å². The van der Waals surface area contributed by atoms with Crippen LogP contribution in [-0.2, 0) is 16.1 Å². The molecule has 0 aliphatic rings. The van der Waals surface area contributed by atoms with Crippen molar-refractivity contribution in [3.63, 3.8) is 0 Å². The van der Waals surface area contributed by atoms with E-state index in [0.29, 0.717) is 12.8 Å². The van der Waals surface area contributed by atoms with Gasteiger partial charge >= 0.3 is 12.1 Å². The van der Waals surface area contributed by atoms with Gasteiger partial charge in [0.25, 0.3) is 0 Å². The highest BCUT2D eigenvalue weighted by Gasteiger charge is 2.28. The predicted octanol–water partition coefficient (Wildman–Crippen LogP) is 4.77. The molecular formula is C20H18F5NO4. The summed E-state index contributed by atoms with van der Waals surface area (Å²) in [5, 5.41) is 2.52. The van der Waals surface area contributed by atoms with Gasteiger partial charge in [-0.05, 0) is 18.4 Å². The van der Waals surface area contributed by atoms with Crippen molar-refractivity contribution in [3.8, 4) is 5.75 Å². The highest BCUT2D eigenvalue weighted by Crippen LogP contribution is 2.29. The fourth-order valence-corrected chi connectivity index (χ4v) is 2.37. The molecule has 0 aromatic heterocycles. The quantitative estimate of drug-likeness (QED) is 0.155. The van der Waals surface area contributed by atoms with Gasteiger partial charge in [0.1, 0.15) is 6.61 Å². The van der Waals surface area contributed by atoms with E-state index >= 15 is 0 Å². The van der Waals surface area contributed by atoms with Crippen molar-refractivity contribution in [2.75, 3.05) is 6.54 Å². The Morgan fingerprint density at radius 1 is 0.800 bits per heavy atom. The van der Waals surface area contributed by atoms with Crippen LogP contribution in [0.5, 0.6) is 5.75 Å². The van der Waals surface area contributed by atoms with Crippen molar-refractivity contribution < 1.29 is 41.0 Å². The Hall–Kier alpha value is -3.17. The standard InChI is InChI=1S/C20H18F5NO4/c21-14-15(22)17(24)19(18(25)16(14)23)30-13(27)9-5-2-6-10-26-20(28)29-11-12-7-3-1-4-8-12/h1,3-4,7-8H,2,5-6,9-11H2,(H,26,28). The molecule has 0 bridgehead atoms. The molecule has 30 heavy (non-hydrogen) atoms. The van der Waals surface area contributed by atoms with Crippen molar-refractivity contribution in [2.45, 2.75) is 32.3 Å². The van der Waals surface area contributed by atoms with E-state index in [1.165, 1.54) is 0 Å². The Bertz CT molecular complexity index is 864. The van der Waals surface area contributed by atoms with Crippen LogP contribution in [0.1, 0.15) is 31.2 Å². The number of ether oxygens (including phenoxy) is 2. The summed E-state index contributed by atoms with van der Waals surface area (Å²) < 4.78 is 75.3. The first kappa shape index (κ1) is 23.1. The summed E-state index contributed by atoms with van der Waals surface area (Å²) in [7, 11) is 0. The third-order valence-electron chi connectivity index (χ3n) is 3.93. The molecule has 0 saturated carbocycles.